The molecule has 0 saturated heterocycles. The molecule has 0 aliphatic heterocycles. The van der Waals surface area contributed by atoms with Crippen LogP contribution in [0.3, 0.4) is 0 Å². The standard InChI is InChI=1S/C11H16S.CH3ClO2S/c1-8-10-6-11(2,3)5-4-9(10)7-12-8;1-5(2,3)4/h7H,4-6H2,1-3H3;1H3. The first-order chi connectivity index (χ1) is 7.58. The highest BCUT2D eigenvalue weighted by Crippen LogP contribution is 2.38. The largest absolute Gasteiger partial charge is 0.229 e. The van der Waals surface area contributed by atoms with Crippen LogP contribution >= 0.6 is 22.0 Å². The molecule has 0 spiro atoms. The molecule has 17 heavy (non-hydrogen) atoms. The van der Waals surface area contributed by atoms with Crippen LogP contribution in [-0.4, -0.2) is 14.7 Å². The van der Waals surface area contributed by atoms with Gasteiger partial charge in [0.25, 0.3) is 0 Å². The summed E-state index contributed by atoms with van der Waals surface area (Å²) in [4.78, 5) is 1.54. The minimum atomic E-state index is -3.19. The second-order valence-electron chi connectivity index (χ2n) is 5.32. The monoisotopic (exact) mass is 294 g/mol. The predicted octanol–water partition coefficient (Wildman–Crippen LogP) is 3.76. The summed E-state index contributed by atoms with van der Waals surface area (Å²) in [5, 5.41) is 2.35. The van der Waals surface area contributed by atoms with E-state index in [-0.39, 0.29) is 0 Å². The second kappa shape index (κ2) is 5.29. The molecule has 1 heterocycles. The zero-order chi connectivity index (χ0) is 13.3. The summed E-state index contributed by atoms with van der Waals surface area (Å²) in [6.45, 7) is 7.02. The molecule has 0 N–H and O–H groups in total. The molecule has 0 unspecified atom stereocenters. The van der Waals surface area contributed by atoms with Crippen molar-refractivity contribution in [3.8, 4) is 0 Å². The van der Waals surface area contributed by atoms with E-state index in [4.69, 9.17) is 0 Å². The molecule has 0 saturated carbocycles. The van der Waals surface area contributed by atoms with Gasteiger partial charge in [0.2, 0.25) is 9.05 Å². The second-order valence-corrected chi connectivity index (χ2v) is 9.45. The number of hydrogen-bond acceptors (Lipinski definition) is 3. The van der Waals surface area contributed by atoms with Crippen LogP contribution in [0, 0.1) is 12.3 Å². The van der Waals surface area contributed by atoms with Crippen LogP contribution in [0.5, 0.6) is 0 Å². The zero-order valence-electron chi connectivity index (χ0n) is 10.7. The smallest absolute Gasteiger partial charge is 0.213 e. The Labute approximate surface area is 112 Å². The number of rotatable bonds is 0. The third kappa shape index (κ3) is 5.40. The van der Waals surface area contributed by atoms with E-state index >= 15 is 0 Å². The first kappa shape index (κ1) is 15.0. The fourth-order valence-corrected chi connectivity index (χ4v) is 2.94. The number of hydrogen-bond donors (Lipinski definition) is 0. The molecule has 2 nitrogen and oxygen atoms in total. The van der Waals surface area contributed by atoms with Gasteiger partial charge in [-0.15, -0.1) is 11.3 Å². The molecule has 0 radical (unpaired) electrons. The van der Waals surface area contributed by atoms with Crippen LogP contribution < -0.4 is 0 Å². The van der Waals surface area contributed by atoms with E-state index in [1.807, 2.05) is 11.3 Å². The maximum absolute atomic E-state index is 9.40. The molecule has 1 aliphatic carbocycles. The maximum atomic E-state index is 9.40. The Bertz CT molecular complexity index is 479. The number of thiophene rings is 1. The van der Waals surface area contributed by atoms with E-state index in [0.29, 0.717) is 5.41 Å². The summed E-state index contributed by atoms with van der Waals surface area (Å²) in [7, 11) is 1.31. The van der Waals surface area contributed by atoms with Gasteiger partial charge >= 0.3 is 0 Å². The summed E-state index contributed by atoms with van der Waals surface area (Å²) in [5.74, 6) is 0. The van der Waals surface area contributed by atoms with E-state index in [1.165, 1.54) is 24.1 Å². The fourth-order valence-electron chi connectivity index (χ4n) is 2.02. The Kier molecular flexibility index (Phi) is 4.67. The van der Waals surface area contributed by atoms with Crippen molar-refractivity contribution in [2.45, 2.75) is 40.0 Å². The number of aryl methyl sites for hydroxylation is 2. The molecule has 1 aromatic rings. The summed E-state index contributed by atoms with van der Waals surface area (Å²) < 4.78 is 18.8. The highest BCUT2D eigenvalue weighted by Gasteiger charge is 2.26. The Hall–Kier alpha value is -0.0600. The van der Waals surface area contributed by atoms with Crippen LogP contribution in [0.4, 0.5) is 0 Å². The molecular weight excluding hydrogens is 276 g/mol. The van der Waals surface area contributed by atoms with Crippen LogP contribution in [0.15, 0.2) is 5.38 Å². The number of fused-ring (bicyclic) bond motifs is 1. The van der Waals surface area contributed by atoms with Gasteiger partial charge in [-0.2, -0.15) is 0 Å². The molecule has 0 bridgehead atoms. The maximum Gasteiger partial charge on any atom is 0.229 e. The van der Waals surface area contributed by atoms with Crippen molar-refractivity contribution >= 4 is 31.1 Å². The van der Waals surface area contributed by atoms with Gasteiger partial charge in [-0.05, 0) is 48.1 Å². The van der Waals surface area contributed by atoms with Crippen molar-refractivity contribution in [1.82, 2.24) is 0 Å². The van der Waals surface area contributed by atoms with Crippen molar-refractivity contribution in [2.24, 2.45) is 5.41 Å². The average Bonchev–Trinajstić information content (AvgIpc) is 2.43. The Morgan fingerprint density at radius 1 is 1.41 bits per heavy atom. The third-order valence-electron chi connectivity index (χ3n) is 2.92. The number of halogens is 1. The molecule has 1 aliphatic rings. The molecule has 2 rings (SSSR count). The minimum absolute atomic E-state index is 0.541. The normalized spacial score (nSPS) is 17.9. The fraction of sp³-hybridized carbons (Fsp3) is 0.667. The molecular formula is C12H19ClO2S2. The first-order valence-corrected chi connectivity index (χ1v) is 9.14. The van der Waals surface area contributed by atoms with E-state index in [2.05, 4.69) is 36.8 Å². The van der Waals surface area contributed by atoms with E-state index in [1.54, 1.807) is 11.1 Å². The molecule has 0 fully saturated rings. The molecule has 0 amide bonds. The SMILES string of the molecule is CS(=O)(=O)Cl.Cc1scc2c1CC(C)(C)CC2. The average molecular weight is 295 g/mol. The van der Waals surface area contributed by atoms with Crippen LogP contribution in [0.25, 0.3) is 0 Å². The molecule has 1 aromatic heterocycles. The third-order valence-corrected chi connectivity index (χ3v) is 3.92. The van der Waals surface area contributed by atoms with Crippen LogP contribution in [0.1, 0.15) is 36.3 Å². The van der Waals surface area contributed by atoms with Gasteiger partial charge in [-0.1, -0.05) is 13.8 Å². The Morgan fingerprint density at radius 3 is 2.47 bits per heavy atom. The van der Waals surface area contributed by atoms with E-state index < -0.39 is 9.05 Å². The van der Waals surface area contributed by atoms with Crippen molar-refractivity contribution < 1.29 is 8.42 Å². The van der Waals surface area contributed by atoms with Gasteiger partial charge < -0.3 is 0 Å². The topological polar surface area (TPSA) is 34.1 Å². The lowest BCUT2D eigenvalue weighted by molar-refractivity contribution is 0.316. The highest BCUT2D eigenvalue weighted by molar-refractivity contribution is 8.13. The van der Waals surface area contributed by atoms with Gasteiger partial charge in [0.15, 0.2) is 0 Å². The summed E-state index contributed by atoms with van der Waals surface area (Å²) >= 11 is 1.92. The van der Waals surface area contributed by atoms with Gasteiger partial charge in [-0.25, -0.2) is 8.42 Å². The lowest BCUT2D eigenvalue weighted by Crippen LogP contribution is -2.21. The van der Waals surface area contributed by atoms with Gasteiger partial charge in [0.05, 0.1) is 6.26 Å². The first-order valence-electron chi connectivity index (χ1n) is 5.54. The highest BCUT2D eigenvalue weighted by atomic mass is 35.7. The lowest BCUT2D eigenvalue weighted by Gasteiger charge is -2.29. The van der Waals surface area contributed by atoms with Crippen LogP contribution in [-0.2, 0) is 21.9 Å². The van der Waals surface area contributed by atoms with Gasteiger partial charge in [0.1, 0.15) is 0 Å². The van der Waals surface area contributed by atoms with Crippen molar-refractivity contribution in [2.75, 3.05) is 6.26 Å². The quantitative estimate of drug-likeness (QED) is 0.683. The van der Waals surface area contributed by atoms with E-state index in [0.717, 1.165) is 6.26 Å². The van der Waals surface area contributed by atoms with Crippen molar-refractivity contribution in [3.05, 3.63) is 21.4 Å². The van der Waals surface area contributed by atoms with Gasteiger partial charge in [-0.3, -0.25) is 0 Å². The molecule has 0 aromatic carbocycles. The molecule has 98 valence electrons. The summed E-state index contributed by atoms with van der Waals surface area (Å²) in [6.07, 6.45) is 4.87. The van der Waals surface area contributed by atoms with Crippen LogP contribution in [0.2, 0.25) is 0 Å². The van der Waals surface area contributed by atoms with E-state index in [9.17, 15) is 8.42 Å². The predicted molar refractivity (Wildman–Crippen MR) is 75.6 cm³/mol. The molecule has 0 atom stereocenters. The Morgan fingerprint density at radius 2 is 1.94 bits per heavy atom. The lowest BCUT2D eigenvalue weighted by atomic mass is 9.75. The Balaban J connectivity index is 0.000000249. The van der Waals surface area contributed by atoms with Crippen molar-refractivity contribution in [1.29, 1.82) is 0 Å². The minimum Gasteiger partial charge on any atom is -0.213 e. The summed E-state index contributed by atoms with van der Waals surface area (Å²) in [5.41, 5.74) is 3.81. The summed E-state index contributed by atoms with van der Waals surface area (Å²) in [6, 6.07) is 0. The molecule has 5 heteroatoms. The zero-order valence-corrected chi connectivity index (χ0v) is 13.1. The van der Waals surface area contributed by atoms with Gasteiger partial charge in [0, 0.05) is 15.6 Å². The van der Waals surface area contributed by atoms with Crippen molar-refractivity contribution in [3.63, 3.8) is 0 Å².